The topological polar surface area (TPSA) is 43.8 Å². The van der Waals surface area contributed by atoms with Gasteiger partial charge in [0.2, 0.25) is 5.91 Å². The summed E-state index contributed by atoms with van der Waals surface area (Å²) in [7, 11) is 0. The number of aliphatic hydroxyl groups excluding tert-OH is 1. The standard InChI is InChI=1S/C15H21ClN2O2S/c1-2-7-17(11-13-5-6-14(16)21-13)9-12(19)10-18-8-3-4-15(18)20/h2,5-6,12,19H,1,3-4,7-11H2. The van der Waals surface area contributed by atoms with Gasteiger partial charge in [-0.2, -0.15) is 0 Å². The van der Waals surface area contributed by atoms with E-state index in [0.29, 0.717) is 26.1 Å². The minimum Gasteiger partial charge on any atom is -0.390 e. The molecule has 0 radical (unpaired) electrons. The first-order valence-electron chi connectivity index (χ1n) is 7.12. The summed E-state index contributed by atoms with van der Waals surface area (Å²) in [6.07, 6.45) is 2.79. The van der Waals surface area contributed by atoms with Crippen molar-refractivity contribution < 1.29 is 9.90 Å². The molecule has 1 amide bonds. The van der Waals surface area contributed by atoms with Crippen molar-refractivity contribution in [3.8, 4) is 0 Å². The molecule has 116 valence electrons. The molecule has 6 heteroatoms. The first-order valence-corrected chi connectivity index (χ1v) is 8.31. The van der Waals surface area contributed by atoms with Gasteiger partial charge < -0.3 is 10.0 Å². The Hall–Kier alpha value is -0.880. The molecular weight excluding hydrogens is 308 g/mol. The summed E-state index contributed by atoms with van der Waals surface area (Å²) in [5.41, 5.74) is 0. The summed E-state index contributed by atoms with van der Waals surface area (Å²) < 4.78 is 0.770. The van der Waals surface area contributed by atoms with Crippen molar-refractivity contribution in [2.24, 2.45) is 0 Å². The number of likely N-dealkylation sites (tertiary alicyclic amines) is 1. The van der Waals surface area contributed by atoms with E-state index in [1.54, 1.807) is 16.2 Å². The van der Waals surface area contributed by atoms with Gasteiger partial charge in [0.1, 0.15) is 0 Å². The molecule has 1 fully saturated rings. The smallest absolute Gasteiger partial charge is 0.222 e. The Morgan fingerprint density at radius 3 is 2.95 bits per heavy atom. The average molecular weight is 329 g/mol. The molecule has 0 spiro atoms. The van der Waals surface area contributed by atoms with Gasteiger partial charge in [0.05, 0.1) is 10.4 Å². The first kappa shape index (κ1) is 16.5. The fourth-order valence-electron chi connectivity index (χ4n) is 2.55. The molecule has 1 atom stereocenters. The van der Waals surface area contributed by atoms with Crippen molar-refractivity contribution >= 4 is 28.8 Å². The maximum atomic E-state index is 11.6. The van der Waals surface area contributed by atoms with Crippen molar-refractivity contribution in [3.63, 3.8) is 0 Å². The number of nitrogens with zero attached hydrogens (tertiary/aromatic N) is 2. The van der Waals surface area contributed by atoms with E-state index in [9.17, 15) is 9.90 Å². The second kappa shape index (κ2) is 7.94. The van der Waals surface area contributed by atoms with Crippen molar-refractivity contribution in [3.05, 3.63) is 34.0 Å². The van der Waals surface area contributed by atoms with Crippen LogP contribution in [0.4, 0.5) is 0 Å². The molecule has 0 saturated carbocycles. The number of hydrogen-bond donors (Lipinski definition) is 1. The van der Waals surface area contributed by atoms with Gasteiger partial charge in [-0.1, -0.05) is 17.7 Å². The average Bonchev–Trinajstić information content (AvgIpc) is 2.99. The van der Waals surface area contributed by atoms with E-state index in [-0.39, 0.29) is 5.91 Å². The normalized spacial score (nSPS) is 16.7. The highest BCUT2D eigenvalue weighted by Gasteiger charge is 2.23. The Morgan fingerprint density at radius 2 is 2.38 bits per heavy atom. The molecule has 1 aliphatic rings. The van der Waals surface area contributed by atoms with Gasteiger partial charge >= 0.3 is 0 Å². The lowest BCUT2D eigenvalue weighted by Gasteiger charge is -2.26. The Bertz CT molecular complexity index is 492. The molecule has 1 aromatic heterocycles. The molecular formula is C15H21ClN2O2S. The Labute approximate surface area is 134 Å². The highest BCUT2D eigenvalue weighted by Crippen LogP contribution is 2.22. The minimum absolute atomic E-state index is 0.148. The second-order valence-electron chi connectivity index (χ2n) is 5.29. The molecule has 2 heterocycles. The predicted molar refractivity (Wildman–Crippen MR) is 86.6 cm³/mol. The van der Waals surface area contributed by atoms with Crippen LogP contribution in [0.2, 0.25) is 4.34 Å². The number of rotatable bonds is 8. The third-order valence-electron chi connectivity index (χ3n) is 3.47. The SMILES string of the molecule is C=CCN(Cc1ccc(Cl)s1)CC(O)CN1CCCC1=O. The van der Waals surface area contributed by atoms with Crippen LogP contribution in [-0.4, -0.2) is 53.1 Å². The van der Waals surface area contributed by atoms with Gasteiger partial charge in [-0.3, -0.25) is 9.69 Å². The lowest BCUT2D eigenvalue weighted by Crippen LogP contribution is -2.40. The Balaban J connectivity index is 1.86. The molecule has 1 N–H and O–H groups in total. The largest absolute Gasteiger partial charge is 0.390 e. The van der Waals surface area contributed by atoms with Crippen molar-refractivity contribution in [2.75, 3.05) is 26.2 Å². The number of carbonyl (C=O) groups is 1. The molecule has 1 aromatic rings. The van der Waals surface area contributed by atoms with E-state index in [4.69, 9.17) is 11.6 Å². The van der Waals surface area contributed by atoms with Crippen molar-refractivity contribution in [1.82, 2.24) is 9.80 Å². The Kier molecular flexibility index (Phi) is 6.23. The van der Waals surface area contributed by atoms with E-state index in [2.05, 4.69) is 11.5 Å². The Morgan fingerprint density at radius 1 is 1.57 bits per heavy atom. The highest BCUT2D eigenvalue weighted by molar-refractivity contribution is 7.16. The zero-order valence-corrected chi connectivity index (χ0v) is 13.6. The van der Waals surface area contributed by atoms with Crippen molar-refractivity contribution in [2.45, 2.75) is 25.5 Å². The number of carbonyl (C=O) groups excluding carboxylic acids is 1. The van der Waals surface area contributed by atoms with Crippen molar-refractivity contribution in [1.29, 1.82) is 0 Å². The van der Waals surface area contributed by atoms with Crippen LogP contribution < -0.4 is 0 Å². The van der Waals surface area contributed by atoms with Crippen LogP contribution >= 0.6 is 22.9 Å². The van der Waals surface area contributed by atoms with E-state index >= 15 is 0 Å². The number of amides is 1. The summed E-state index contributed by atoms with van der Waals surface area (Å²) in [4.78, 5) is 16.6. The predicted octanol–water partition coefficient (Wildman–Crippen LogP) is 2.37. The molecule has 4 nitrogen and oxygen atoms in total. The summed E-state index contributed by atoms with van der Waals surface area (Å²) in [6, 6.07) is 3.88. The van der Waals surface area contributed by atoms with Gasteiger partial charge in [0.25, 0.3) is 0 Å². The summed E-state index contributed by atoms with van der Waals surface area (Å²) in [5.74, 6) is 0.148. The molecule has 0 aliphatic carbocycles. The number of halogens is 1. The fraction of sp³-hybridized carbons (Fsp3) is 0.533. The number of thiophene rings is 1. The minimum atomic E-state index is -0.539. The van der Waals surface area contributed by atoms with Gasteiger partial charge in [0, 0.05) is 44.0 Å². The van der Waals surface area contributed by atoms with E-state index in [0.717, 1.165) is 28.7 Å². The second-order valence-corrected chi connectivity index (χ2v) is 7.09. The van der Waals surface area contributed by atoms with Crippen LogP contribution in [0, 0.1) is 0 Å². The number of hydrogen-bond acceptors (Lipinski definition) is 4. The van der Waals surface area contributed by atoms with Crippen LogP contribution in [0.5, 0.6) is 0 Å². The zero-order chi connectivity index (χ0) is 15.2. The van der Waals surface area contributed by atoms with E-state index in [1.165, 1.54) is 0 Å². The van der Waals surface area contributed by atoms with Gasteiger partial charge in [-0.25, -0.2) is 0 Å². The third kappa shape index (κ3) is 5.11. The molecule has 1 unspecified atom stereocenters. The fourth-order valence-corrected chi connectivity index (χ4v) is 3.68. The van der Waals surface area contributed by atoms with E-state index < -0.39 is 6.10 Å². The van der Waals surface area contributed by atoms with Crippen LogP contribution in [0.1, 0.15) is 17.7 Å². The first-order chi connectivity index (χ1) is 10.1. The van der Waals surface area contributed by atoms with Crippen LogP contribution in [0.3, 0.4) is 0 Å². The summed E-state index contributed by atoms with van der Waals surface area (Å²) in [5, 5.41) is 10.2. The summed E-state index contributed by atoms with van der Waals surface area (Å²) in [6.45, 7) is 6.88. The van der Waals surface area contributed by atoms with Crippen LogP contribution in [-0.2, 0) is 11.3 Å². The molecule has 1 aliphatic heterocycles. The number of aliphatic hydroxyl groups is 1. The lowest BCUT2D eigenvalue weighted by atomic mass is 10.2. The van der Waals surface area contributed by atoms with E-state index in [1.807, 2.05) is 18.2 Å². The molecule has 2 rings (SSSR count). The molecule has 0 bridgehead atoms. The van der Waals surface area contributed by atoms with Gasteiger partial charge in [-0.05, 0) is 18.6 Å². The lowest BCUT2D eigenvalue weighted by molar-refractivity contribution is -0.129. The maximum Gasteiger partial charge on any atom is 0.222 e. The van der Waals surface area contributed by atoms with Gasteiger partial charge in [-0.15, -0.1) is 17.9 Å². The highest BCUT2D eigenvalue weighted by atomic mass is 35.5. The van der Waals surface area contributed by atoms with Crippen LogP contribution in [0.15, 0.2) is 24.8 Å². The maximum absolute atomic E-state index is 11.6. The molecule has 1 saturated heterocycles. The molecule has 0 aromatic carbocycles. The monoisotopic (exact) mass is 328 g/mol. The zero-order valence-electron chi connectivity index (χ0n) is 12.0. The molecule has 21 heavy (non-hydrogen) atoms. The van der Waals surface area contributed by atoms with Crippen LogP contribution in [0.25, 0.3) is 0 Å². The number of β-amino-alcohol motifs (C(OH)–C–C–N with tert-alkyl or cyclic N) is 1. The third-order valence-corrected chi connectivity index (χ3v) is 4.68. The quantitative estimate of drug-likeness (QED) is 0.745. The van der Waals surface area contributed by atoms with Gasteiger partial charge in [0.15, 0.2) is 0 Å². The summed E-state index contributed by atoms with van der Waals surface area (Å²) >= 11 is 7.49.